The number of unbranched alkanes of at least 4 members (excludes halogenated alkanes) is 26. The number of nitrogens with one attached hydrogen (secondary N) is 1. The van der Waals surface area contributed by atoms with E-state index < -0.39 is 67.0 Å². The zero-order chi connectivity index (χ0) is 44.4. The molecule has 1 saturated heterocycles. The van der Waals surface area contributed by atoms with Gasteiger partial charge in [0.25, 0.3) is 0 Å². The molecule has 0 spiro atoms. The topological polar surface area (TPSA) is 220 Å². The van der Waals surface area contributed by atoms with E-state index in [1.54, 1.807) is 0 Å². The summed E-state index contributed by atoms with van der Waals surface area (Å²) in [5, 5.41) is 54.2. The maximum absolute atomic E-state index is 14.2. The van der Waals surface area contributed by atoms with Gasteiger partial charge in [0.2, 0.25) is 17.7 Å². The van der Waals surface area contributed by atoms with Crippen molar-refractivity contribution in [3.8, 4) is 0 Å². The quantitative estimate of drug-likeness (QED) is 0.0233. The van der Waals surface area contributed by atoms with E-state index in [-0.39, 0.29) is 31.7 Å². The Bertz CT molecular complexity index is 1130. The zero-order valence-electron chi connectivity index (χ0n) is 37.9. The largest absolute Gasteiger partial charge is 0.481 e. The van der Waals surface area contributed by atoms with Gasteiger partial charge in [0.05, 0.1) is 19.3 Å². The van der Waals surface area contributed by atoms with Gasteiger partial charge in [-0.25, -0.2) is 0 Å². The molecule has 1 aliphatic heterocycles. The Morgan fingerprint density at radius 3 is 1.42 bits per heavy atom. The van der Waals surface area contributed by atoms with Gasteiger partial charge >= 0.3 is 5.97 Å². The van der Waals surface area contributed by atoms with Crippen LogP contribution in [0.15, 0.2) is 0 Å². The van der Waals surface area contributed by atoms with Crippen molar-refractivity contribution >= 4 is 23.6 Å². The van der Waals surface area contributed by atoms with Crippen molar-refractivity contribution in [2.75, 3.05) is 19.8 Å². The van der Waals surface area contributed by atoms with Gasteiger partial charge in [-0.3, -0.25) is 24.9 Å². The van der Waals surface area contributed by atoms with Gasteiger partial charge in [-0.05, 0) is 25.7 Å². The van der Waals surface area contributed by atoms with Gasteiger partial charge in [0.1, 0.15) is 24.2 Å². The van der Waals surface area contributed by atoms with Gasteiger partial charge in [-0.2, -0.15) is 0 Å². The fourth-order valence-electron chi connectivity index (χ4n) is 8.44. The van der Waals surface area contributed by atoms with Gasteiger partial charge in [-0.1, -0.05) is 174 Å². The number of carbonyl (C=O) groups is 4. The van der Waals surface area contributed by atoms with Crippen LogP contribution in [-0.4, -0.2) is 104 Å². The van der Waals surface area contributed by atoms with Crippen molar-refractivity contribution < 1.29 is 49.4 Å². The highest BCUT2D eigenvalue weighted by Gasteiger charge is 2.59. The molecule has 8 N–H and O–H groups in total. The predicted octanol–water partition coefficient (Wildman–Crippen LogP) is 7.81. The van der Waals surface area contributed by atoms with E-state index in [9.17, 15) is 39.6 Å². The Hall–Kier alpha value is -2.16. The lowest BCUT2D eigenvalue weighted by atomic mass is 9.80. The summed E-state index contributed by atoms with van der Waals surface area (Å²) in [4.78, 5) is 53.3. The SMILES string of the molecule is CCCCCCCCCCCCCCCCCC(=O)N(CCCCCCCCCCCC)[C@]1(N)O[C@H](CO)[C@@H](O)[C@H](O)[C@H]1C(=O)[C@H](CO)NC(=O)CCCCCCC(=O)O. The van der Waals surface area contributed by atoms with Gasteiger partial charge in [0.15, 0.2) is 5.78 Å². The predicted molar refractivity (Wildman–Crippen MR) is 237 cm³/mol. The van der Waals surface area contributed by atoms with E-state index in [4.69, 9.17) is 15.6 Å². The smallest absolute Gasteiger partial charge is 0.303 e. The van der Waals surface area contributed by atoms with Crippen LogP contribution in [0.1, 0.15) is 219 Å². The average Bonchev–Trinajstić information content (AvgIpc) is 3.22. The first-order valence-electron chi connectivity index (χ1n) is 24.4. The molecule has 0 saturated carbocycles. The summed E-state index contributed by atoms with van der Waals surface area (Å²) >= 11 is 0. The second-order valence-electron chi connectivity index (χ2n) is 17.5. The molecule has 0 aromatic heterocycles. The monoisotopic (exact) mass is 856 g/mol. The first kappa shape index (κ1) is 55.9. The highest BCUT2D eigenvalue weighted by atomic mass is 16.6. The Kier molecular flexibility index (Phi) is 32.9. The van der Waals surface area contributed by atoms with E-state index in [0.29, 0.717) is 38.5 Å². The Balaban J connectivity index is 2.98. The van der Waals surface area contributed by atoms with E-state index in [2.05, 4.69) is 19.2 Å². The molecular formula is C47H89N3O10. The second-order valence-corrected chi connectivity index (χ2v) is 17.5. The van der Waals surface area contributed by atoms with Crippen molar-refractivity contribution in [3.05, 3.63) is 0 Å². The van der Waals surface area contributed by atoms with Crippen molar-refractivity contribution in [2.24, 2.45) is 11.7 Å². The molecule has 13 heteroatoms. The molecule has 0 unspecified atom stereocenters. The number of Topliss-reactive ketones (excluding diaryl/α,β-unsaturated/α-hetero) is 1. The Labute approximate surface area is 363 Å². The number of carboxylic acids is 1. The van der Waals surface area contributed by atoms with Gasteiger partial charge < -0.3 is 40.5 Å². The Morgan fingerprint density at radius 2 is 1.00 bits per heavy atom. The molecule has 6 atom stereocenters. The van der Waals surface area contributed by atoms with Crippen LogP contribution in [0.25, 0.3) is 0 Å². The highest BCUT2D eigenvalue weighted by Crippen LogP contribution is 2.37. The van der Waals surface area contributed by atoms with E-state index in [1.807, 2.05) is 0 Å². The summed E-state index contributed by atoms with van der Waals surface area (Å²) in [6.07, 6.45) is 25.7. The van der Waals surface area contributed by atoms with Crippen LogP contribution in [0.5, 0.6) is 0 Å². The molecule has 60 heavy (non-hydrogen) atoms. The van der Waals surface area contributed by atoms with Crippen molar-refractivity contribution in [2.45, 2.75) is 250 Å². The number of aliphatic hydroxyl groups is 4. The number of carboxylic acid groups (broad SMARTS) is 1. The normalized spacial score (nSPS) is 20.9. The van der Waals surface area contributed by atoms with Crippen molar-refractivity contribution in [3.63, 3.8) is 0 Å². The van der Waals surface area contributed by atoms with Crippen molar-refractivity contribution in [1.29, 1.82) is 0 Å². The molecule has 0 aromatic carbocycles. The van der Waals surface area contributed by atoms with Crippen LogP contribution in [0, 0.1) is 5.92 Å². The number of hydrogen-bond donors (Lipinski definition) is 7. The maximum Gasteiger partial charge on any atom is 0.303 e. The summed E-state index contributed by atoms with van der Waals surface area (Å²) in [5.41, 5.74) is 6.96. The highest BCUT2D eigenvalue weighted by molar-refractivity contribution is 5.92. The molecule has 0 aliphatic carbocycles. The fraction of sp³-hybridized carbons (Fsp3) is 0.915. The molecule has 2 amide bonds. The molecule has 1 rings (SSSR count). The summed E-state index contributed by atoms with van der Waals surface area (Å²) in [7, 11) is 0. The number of ether oxygens (including phenoxy) is 1. The third kappa shape index (κ3) is 23.3. The van der Waals surface area contributed by atoms with Crippen LogP contribution in [0.4, 0.5) is 0 Å². The molecule has 13 nitrogen and oxygen atoms in total. The number of amides is 2. The van der Waals surface area contributed by atoms with Crippen molar-refractivity contribution in [1.82, 2.24) is 10.2 Å². The minimum absolute atomic E-state index is 0.0200. The first-order valence-corrected chi connectivity index (χ1v) is 24.4. The van der Waals surface area contributed by atoms with E-state index in [0.717, 1.165) is 51.4 Å². The molecular weight excluding hydrogens is 767 g/mol. The van der Waals surface area contributed by atoms with Gasteiger partial charge in [-0.15, -0.1) is 0 Å². The molecule has 1 aliphatic rings. The molecule has 352 valence electrons. The lowest BCUT2D eigenvalue weighted by Gasteiger charge is -2.53. The third-order valence-corrected chi connectivity index (χ3v) is 12.2. The first-order chi connectivity index (χ1) is 29.0. The third-order valence-electron chi connectivity index (χ3n) is 12.2. The standard InChI is InChI=1S/C47H89N3O10/c1-3-5-7-9-11-13-15-16-17-18-19-20-22-24-29-33-41(54)50(35-31-27-23-21-14-12-10-8-6-4-2)47(48)43(46(59)45(58)39(37-52)60-47)44(57)38(36-51)49-40(53)32-28-25-26-30-34-42(55)56/h38-39,43,45-46,51-52,58-59H,3-37,48H2,1-2H3,(H,49,53)(H,55,56)/t38-,39+,43+,45+,46+,47-/m0/s1. The minimum Gasteiger partial charge on any atom is -0.481 e. The fourth-order valence-corrected chi connectivity index (χ4v) is 8.44. The zero-order valence-corrected chi connectivity index (χ0v) is 37.9. The summed E-state index contributed by atoms with van der Waals surface area (Å²) in [5.74, 6) is -6.71. The van der Waals surface area contributed by atoms with Crippen LogP contribution in [0.2, 0.25) is 0 Å². The number of carbonyl (C=O) groups excluding carboxylic acids is 3. The lowest BCUT2D eigenvalue weighted by Crippen LogP contribution is -2.76. The van der Waals surface area contributed by atoms with Gasteiger partial charge in [0, 0.05) is 25.8 Å². The maximum atomic E-state index is 14.2. The minimum atomic E-state index is -2.28. The molecule has 0 radical (unpaired) electrons. The Morgan fingerprint density at radius 1 is 0.600 bits per heavy atom. The molecule has 0 aromatic rings. The molecule has 1 heterocycles. The average molecular weight is 856 g/mol. The van der Waals surface area contributed by atoms with Crippen LogP contribution < -0.4 is 11.1 Å². The molecule has 1 fully saturated rings. The lowest BCUT2D eigenvalue weighted by molar-refractivity contribution is -0.292. The van der Waals surface area contributed by atoms with E-state index in [1.165, 1.54) is 101 Å². The summed E-state index contributed by atoms with van der Waals surface area (Å²) in [6.45, 7) is 3.00. The number of rotatable bonds is 40. The van der Waals surface area contributed by atoms with Crippen LogP contribution in [-0.2, 0) is 23.9 Å². The summed E-state index contributed by atoms with van der Waals surface area (Å²) < 4.78 is 6.08. The number of nitrogens with zero attached hydrogens (tertiary/aromatic N) is 1. The number of aliphatic hydroxyl groups excluding tert-OH is 4. The number of hydrogen-bond acceptors (Lipinski definition) is 10. The summed E-state index contributed by atoms with van der Waals surface area (Å²) in [6, 6.07) is -1.52. The number of nitrogens with two attached hydrogens (primary N) is 1. The second kappa shape index (κ2) is 35.3. The van der Waals surface area contributed by atoms with Crippen LogP contribution in [0.3, 0.4) is 0 Å². The number of aliphatic carboxylic acids is 1. The van der Waals surface area contributed by atoms with E-state index >= 15 is 0 Å². The number of ketones is 1. The molecule has 0 bridgehead atoms. The van der Waals surface area contributed by atoms with Crippen LogP contribution >= 0.6 is 0 Å².